The van der Waals surface area contributed by atoms with E-state index in [-0.39, 0.29) is 11.7 Å². The first kappa shape index (κ1) is 16.1. The minimum atomic E-state index is 0.119. The Bertz CT molecular complexity index is 578. The van der Waals surface area contributed by atoms with E-state index in [9.17, 15) is 4.79 Å². The normalized spacial score (nSPS) is 27.4. The van der Waals surface area contributed by atoms with Crippen LogP contribution >= 0.6 is 0 Å². The van der Waals surface area contributed by atoms with E-state index < -0.39 is 0 Å². The number of Topliss-reactive ketones (excluding diaryl/α,β-unsaturated/α-hetero) is 1. The zero-order valence-corrected chi connectivity index (χ0v) is 13.8. The van der Waals surface area contributed by atoms with E-state index in [1.54, 1.807) is 6.08 Å². The zero-order valence-electron chi connectivity index (χ0n) is 13.8. The van der Waals surface area contributed by atoms with Crippen molar-refractivity contribution in [1.29, 1.82) is 0 Å². The molecule has 0 radical (unpaired) electrons. The van der Waals surface area contributed by atoms with Crippen LogP contribution in [0.25, 0.3) is 0 Å². The van der Waals surface area contributed by atoms with Gasteiger partial charge >= 0.3 is 0 Å². The largest absolute Gasteiger partial charge is 0.302 e. The van der Waals surface area contributed by atoms with Crippen LogP contribution in [0.5, 0.6) is 0 Å². The van der Waals surface area contributed by atoms with Crippen LogP contribution in [0.15, 0.2) is 53.7 Å². The topological polar surface area (TPSA) is 32.7 Å². The molecular formula is C20H26N2O. The summed E-state index contributed by atoms with van der Waals surface area (Å²) in [5.41, 5.74) is 1.58. The average molecular weight is 310 g/mol. The lowest BCUT2D eigenvalue weighted by atomic mass is 9.90. The van der Waals surface area contributed by atoms with Crippen molar-refractivity contribution >= 4 is 11.5 Å². The fourth-order valence-corrected chi connectivity index (χ4v) is 3.33. The second kappa shape index (κ2) is 7.69. The molecule has 2 heterocycles. The molecule has 0 aromatic rings. The Morgan fingerprint density at radius 1 is 1.35 bits per heavy atom. The van der Waals surface area contributed by atoms with E-state index in [0.717, 1.165) is 44.0 Å². The van der Waals surface area contributed by atoms with E-state index in [4.69, 9.17) is 0 Å². The molecule has 0 bridgehead atoms. The molecule has 3 rings (SSSR count). The first-order valence-corrected chi connectivity index (χ1v) is 8.76. The van der Waals surface area contributed by atoms with Crippen LogP contribution in [0, 0.1) is 11.8 Å². The van der Waals surface area contributed by atoms with Gasteiger partial charge in [0.2, 0.25) is 0 Å². The molecule has 1 atom stereocenters. The number of ketones is 1. The molecule has 3 nitrogen and oxygen atoms in total. The molecule has 23 heavy (non-hydrogen) atoms. The molecule has 0 amide bonds. The number of dihydropyridines is 1. The standard InChI is InChI=1S/C20H26N2O/c1-2-3-4-8-18-9-5-10-19(21-18)20(23)17-7-6-13-22(15-17)14-16-11-12-16/h2-5,8,10,16-17H,1,6-7,9,11-15H2/b4-3-,18-8+/t17-/m1/s1. The SMILES string of the molecule is C=C/C=C\C=C1/CC=CC(C(=O)[C@@H]2CCCN(CC3CC3)C2)=N1. The van der Waals surface area contributed by atoms with Crippen LogP contribution in [0.3, 0.4) is 0 Å². The minimum absolute atomic E-state index is 0.119. The van der Waals surface area contributed by atoms with E-state index in [1.165, 1.54) is 19.4 Å². The van der Waals surface area contributed by atoms with Gasteiger partial charge < -0.3 is 4.90 Å². The Labute approximate surface area is 139 Å². The molecule has 3 heteroatoms. The Balaban J connectivity index is 1.63. The van der Waals surface area contributed by atoms with Crippen LogP contribution in [-0.2, 0) is 4.79 Å². The summed E-state index contributed by atoms with van der Waals surface area (Å²) in [7, 11) is 0. The van der Waals surface area contributed by atoms with Gasteiger partial charge in [0.15, 0.2) is 5.78 Å². The van der Waals surface area contributed by atoms with Crippen LogP contribution < -0.4 is 0 Å². The smallest absolute Gasteiger partial charge is 0.185 e. The lowest BCUT2D eigenvalue weighted by Crippen LogP contribution is -2.41. The number of piperidine rings is 1. The molecule has 1 aliphatic carbocycles. The fourth-order valence-electron chi connectivity index (χ4n) is 3.33. The summed E-state index contributed by atoms with van der Waals surface area (Å²) >= 11 is 0. The number of allylic oxidation sites excluding steroid dienone is 6. The molecule has 3 aliphatic rings. The first-order valence-electron chi connectivity index (χ1n) is 8.76. The third-order valence-corrected chi connectivity index (χ3v) is 4.74. The molecule has 0 spiro atoms. The summed E-state index contributed by atoms with van der Waals surface area (Å²) in [5, 5.41) is 0. The molecule has 2 fully saturated rings. The number of hydrogen-bond donors (Lipinski definition) is 0. The maximum atomic E-state index is 12.8. The van der Waals surface area contributed by atoms with Gasteiger partial charge in [-0.05, 0) is 50.3 Å². The predicted octanol–water partition coefficient (Wildman–Crippen LogP) is 3.70. The van der Waals surface area contributed by atoms with E-state index in [1.807, 2.05) is 30.4 Å². The number of rotatable bonds is 6. The van der Waals surface area contributed by atoms with Gasteiger partial charge in [-0.15, -0.1) is 0 Å². The van der Waals surface area contributed by atoms with Gasteiger partial charge in [0.05, 0.1) is 0 Å². The summed E-state index contributed by atoms with van der Waals surface area (Å²) in [6.07, 6.45) is 17.1. The van der Waals surface area contributed by atoms with Gasteiger partial charge in [0, 0.05) is 31.1 Å². The Morgan fingerprint density at radius 3 is 3.00 bits per heavy atom. The van der Waals surface area contributed by atoms with Crippen LogP contribution in [0.1, 0.15) is 32.1 Å². The predicted molar refractivity (Wildman–Crippen MR) is 95.5 cm³/mol. The molecule has 1 saturated heterocycles. The molecule has 0 aromatic carbocycles. The molecule has 0 aromatic heterocycles. The summed E-state index contributed by atoms with van der Waals surface area (Å²) in [6.45, 7) is 6.91. The minimum Gasteiger partial charge on any atom is -0.302 e. The quantitative estimate of drug-likeness (QED) is 0.701. The van der Waals surface area contributed by atoms with Gasteiger partial charge in [-0.1, -0.05) is 30.9 Å². The lowest BCUT2D eigenvalue weighted by molar-refractivity contribution is -0.118. The summed E-state index contributed by atoms with van der Waals surface area (Å²) in [4.78, 5) is 19.9. The van der Waals surface area contributed by atoms with Crippen molar-refractivity contribution in [3.05, 3.63) is 48.7 Å². The Morgan fingerprint density at radius 2 is 2.22 bits per heavy atom. The highest BCUT2D eigenvalue weighted by Crippen LogP contribution is 2.31. The van der Waals surface area contributed by atoms with Crippen molar-refractivity contribution in [2.45, 2.75) is 32.1 Å². The first-order chi connectivity index (χ1) is 11.3. The van der Waals surface area contributed by atoms with E-state index in [0.29, 0.717) is 5.71 Å². The van der Waals surface area contributed by atoms with Crippen molar-refractivity contribution in [3.8, 4) is 0 Å². The lowest BCUT2D eigenvalue weighted by Gasteiger charge is -2.32. The van der Waals surface area contributed by atoms with Crippen LogP contribution in [0.4, 0.5) is 0 Å². The van der Waals surface area contributed by atoms with E-state index in [2.05, 4.69) is 16.5 Å². The molecule has 122 valence electrons. The Hall–Kier alpha value is -1.74. The molecular weight excluding hydrogens is 284 g/mol. The van der Waals surface area contributed by atoms with Gasteiger partial charge in [-0.3, -0.25) is 4.79 Å². The van der Waals surface area contributed by atoms with E-state index >= 15 is 0 Å². The summed E-state index contributed by atoms with van der Waals surface area (Å²) in [5.74, 6) is 1.23. The highest BCUT2D eigenvalue weighted by atomic mass is 16.1. The summed E-state index contributed by atoms with van der Waals surface area (Å²) < 4.78 is 0. The maximum Gasteiger partial charge on any atom is 0.185 e. The molecule has 1 saturated carbocycles. The van der Waals surface area contributed by atoms with Crippen molar-refractivity contribution in [2.24, 2.45) is 16.8 Å². The third-order valence-electron chi connectivity index (χ3n) is 4.74. The van der Waals surface area contributed by atoms with Crippen LogP contribution in [0.2, 0.25) is 0 Å². The van der Waals surface area contributed by atoms with Crippen molar-refractivity contribution in [1.82, 2.24) is 4.90 Å². The number of likely N-dealkylation sites (tertiary alicyclic amines) is 1. The second-order valence-corrected chi connectivity index (χ2v) is 6.79. The number of carbonyl (C=O) groups is 1. The number of carbonyl (C=O) groups excluding carboxylic acids is 1. The van der Waals surface area contributed by atoms with Gasteiger partial charge in [-0.2, -0.15) is 0 Å². The van der Waals surface area contributed by atoms with Gasteiger partial charge in [0.25, 0.3) is 0 Å². The summed E-state index contributed by atoms with van der Waals surface area (Å²) in [6, 6.07) is 0. The zero-order chi connectivity index (χ0) is 16.1. The van der Waals surface area contributed by atoms with Crippen molar-refractivity contribution in [3.63, 3.8) is 0 Å². The van der Waals surface area contributed by atoms with Crippen LogP contribution in [-0.4, -0.2) is 36.0 Å². The second-order valence-electron chi connectivity index (χ2n) is 6.79. The molecule has 2 aliphatic heterocycles. The fraction of sp³-hybridized carbons (Fsp3) is 0.500. The van der Waals surface area contributed by atoms with Crippen molar-refractivity contribution < 1.29 is 4.79 Å². The maximum absolute atomic E-state index is 12.8. The number of aliphatic imine (C=N–C) groups is 1. The number of hydrogen-bond acceptors (Lipinski definition) is 3. The average Bonchev–Trinajstić information content (AvgIpc) is 3.39. The monoisotopic (exact) mass is 310 g/mol. The number of nitrogens with zero attached hydrogens (tertiary/aromatic N) is 2. The molecule has 0 unspecified atom stereocenters. The highest BCUT2D eigenvalue weighted by molar-refractivity contribution is 6.45. The van der Waals surface area contributed by atoms with Crippen molar-refractivity contribution in [2.75, 3.05) is 19.6 Å². The van der Waals surface area contributed by atoms with Gasteiger partial charge in [-0.25, -0.2) is 4.99 Å². The van der Waals surface area contributed by atoms with Gasteiger partial charge in [0.1, 0.15) is 5.71 Å². The highest BCUT2D eigenvalue weighted by Gasteiger charge is 2.31. The molecule has 0 N–H and O–H groups in total. The third kappa shape index (κ3) is 4.61. The Kier molecular flexibility index (Phi) is 5.39.